The first-order valence-corrected chi connectivity index (χ1v) is 8.37. The SMILES string of the molecule is COc1ccccc1-c1cnc(N(C)CC(=O)O)c2cc3c(cc12)OCO3. The van der Waals surface area contributed by atoms with Crippen LogP contribution in [0.3, 0.4) is 0 Å². The molecule has 138 valence electrons. The second kappa shape index (κ2) is 6.68. The van der Waals surface area contributed by atoms with Gasteiger partial charge in [-0.2, -0.15) is 0 Å². The van der Waals surface area contributed by atoms with Crippen molar-refractivity contribution in [3.8, 4) is 28.4 Å². The van der Waals surface area contributed by atoms with E-state index in [1.807, 2.05) is 36.4 Å². The number of fused-ring (bicyclic) bond motifs is 2. The van der Waals surface area contributed by atoms with E-state index in [9.17, 15) is 4.79 Å². The minimum Gasteiger partial charge on any atom is -0.496 e. The molecule has 0 spiro atoms. The number of aromatic nitrogens is 1. The summed E-state index contributed by atoms with van der Waals surface area (Å²) in [5, 5.41) is 10.8. The molecule has 2 heterocycles. The van der Waals surface area contributed by atoms with Crippen LogP contribution in [0.4, 0.5) is 5.82 Å². The Bertz CT molecular complexity index is 1030. The summed E-state index contributed by atoms with van der Waals surface area (Å²) in [6, 6.07) is 11.4. The molecule has 0 amide bonds. The van der Waals surface area contributed by atoms with Crippen LogP contribution >= 0.6 is 0 Å². The topological polar surface area (TPSA) is 81.1 Å². The molecule has 27 heavy (non-hydrogen) atoms. The van der Waals surface area contributed by atoms with Gasteiger partial charge in [-0.15, -0.1) is 0 Å². The quantitative estimate of drug-likeness (QED) is 0.743. The lowest BCUT2D eigenvalue weighted by molar-refractivity contribution is -0.135. The number of para-hydroxylation sites is 1. The molecule has 0 radical (unpaired) electrons. The first-order valence-electron chi connectivity index (χ1n) is 8.37. The van der Waals surface area contributed by atoms with Crippen molar-refractivity contribution in [2.45, 2.75) is 0 Å². The monoisotopic (exact) mass is 366 g/mol. The van der Waals surface area contributed by atoms with Gasteiger partial charge >= 0.3 is 5.97 Å². The molecule has 1 N–H and O–H groups in total. The van der Waals surface area contributed by atoms with E-state index in [4.69, 9.17) is 19.3 Å². The fourth-order valence-electron chi connectivity index (χ4n) is 3.28. The number of hydrogen-bond acceptors (Lipinski definition) is 6. The van der Waals surface area contributed by atoms with E-state index in [0.29, 0.717) is 17.3 Å². The third kappa shape index (κ3) is 2.97. The first-order chi connectivity index (χ1) is 13.1. The summed E-state index contributed by atoms with van der Waals surface area (Å²) in [4.78, 5) is 17.3. The van der Waals surface area contributed by atoms with Gasteiger partial charge in [0.25, 0.3) is 0 Å². The van der Waals surface area contributed by atoms with Crippen molar-refractivity contribution in [2.24, 2.45) is 0 Å². The van der Waals surface area contributed by atoms with Gasteiger partial charge < -0.3 is 24.2 Å². The normalized spacial score (nSPS) is 12.2. The third-order valence-corrected chi connectivity index (χ3v) is 4.49. The number of benzene rings is 2. The molecule has 0 saturated carbocycles. The smallest absolute Gasteiger partial charge is 0.323 e. The molecule has 3 aromatic rings. The molecule has 1 aliphatic heterocycles. The highest BCUT2D eigenvalue weighted by molar-refractivity contribution is 6.04. The predicted octanol–water partition coefficient (Wildman–Crippen LogP) is 3.16. The van der Waals surface area contributed by atoms with Gasteiger partial charge in [0.05, 0.1) is 7.11 Å². The highest BCUT2D eigenvalue weighted by atomic mass is 16.7. The number of carboxylic acid groups (broad SMARTS) is 1. The van der Waals surface area contributed by atoms with E-state index in [0.717, 1.165) is 27.6 Å². The van der Waals surface area contributed by atoms with Crippen molar-refractivity contribution >= 4 is 22.6 Å². The van der Waals surface area contributed by atoms with E-state index in [-0.39, 0.29) is 13.3 Å². The van der Waals surface area contributed by atoms with Gasteiger partial charge in [0, 0.05) is 29.8 Å². The van der Waals surface area contributed by atoms with Gasteiger partial charge in [0.2, 0.25) is 6.79 Å². The zero-order chi connectivity index (χ0) is 19.0. The summed E-state index contributed by atoms with van der Waals surface area (Å²) < 4.78 is 16.5. The van der Waals surface area contributed by atoms with Crippen LogP contribution in [0.25, 0.3) is 21.9 Å². The van der Waals surface area contributed by atoms with E-state index in [1.165, 1.54) is 0 Å². The molecule has 7 heteroatoms. The molecule has 7 nitrogen and oxygen atoms in total. The summed E-state index contributed by atoms with van der Waals surface area (Å²) in [6.45, 7) is -0.00603. The summed E-state index contributed by atoms with van der Waals surface area (Å²) in [5.41, 5.74) is 1.76. The lowest BCUT2D eigenvalue weighted by Crippen LogP contribution is -2.26. The van der Waals surface area contributed by atoms with Crippen LogP contribution in [0.1, 0.15) is 0 Å². The number of carboxylic acids is 1. The number of pyridine rings is 1. The number of carbonyl (C=O) groups is 1. The number of methoxy groups -OCH3 is 1. The van der Waals surface area contributed by atoms with Gasteiger partial charge in [0.1, 0.15) is 18.1 Å². The lowest BCUT2D eigenvalue weighted by atomic mass is 9.99. The van der Waals surface area contributed by atoms with Crippen LogP contribution in [0.2, 0.25) is 0 Å². The van der Waals surface area contributed by atoms with E-state index < -0.39 is 5.97 Å². The Kier molecular flexibility index (Phi) is 4.19. The fraction of sp³-hybridized carbons (Fsp3) is 0.200. The largest absolute Gasteiger partial charge is 0.496 e. The lowest BCUT2D eigenvalue weighted by Gasteiger charge is -2.20. The zero-order valence-corrected chi connectivity index (χ0v) is 14.9. The molecule has 0 fully saturated rings. The molecule has 0 atom stereocenters. The molecule has 0 bridgehead atoms. The van der Waals surface area contributed by atoms with Gasteiger partial charge in [-0.05, 0) is 23.6 Å². The molecule has 0 aliphatic carbocycles. The minimum atomic E-state index is -0.929. The Morgan fingerprint density at radius 2 is 1.89 bits per heavy atom. The second-order valence-corrected chi connectivity index (χ2v) is 6.20. The molecule has 0 unspecified atom stereocenters. The van der Waals surface area contributed by atoms with E-state index >= 15 is 0 Å². The molecule has 4 rings (SSSR count). The van der Waals surface area contributed by atoms with Crippen LogP contribution in [-0.2, 0) is 4.79 Å². The molecular formula is C20H18N2O5. The fourth-order valence-corrected chi connectivity index (χ4v) is 3.28. The summed E-state index contributed by atoms with van der Waals surface area (Å²) >= 11 is 0. The number of nitrogens with zero attached hydrogens (tertiary/aromatic N) is 2. The van der Waals surface area contributed by atoms with E-state index in [1.54, 1.807) is 25.3 Å². The van der Waals surface area contributed by atoms with Gasteiger partial charge in [-0.1, -0.05) is 18.2 Å². The van der Waals surface area contributed by atoms with Crippen molar-refractivity contribution in [2.75, 3.05) is 32.4 Å². The summed E-state index contributed by atoms with van der Waals surface area (Å²) in [7, 11) is 3.32. The molecule has 2 aromatic carbocycles. The number of aliphatic carboxylic acids is 1. The zero-order valence-electron chi connectivity index (χ0n) is 14.9. The highest BCUT2D eigenvalue weighted by Gasteiger charge is 2.21. The number of likely N-dealkylation sites (N-methyl/N-ethyl adjacent to an activating group) is 1. The Labute approximate surface area is 155 Å². The standard InChI is InChI=1S/C20H18N2O5/c1-22(10-19(23)24)20-14-8-18-17(26-11-27-18)7-13(14)15(9-21-20)12-5-3-4-6-16(12)25-2/h3-9H,10-11H2,1-2H3,(H,23,24). The maximum atomic E-state index is 11.1. The van der Waals surface area contributed by atoms with Crippen LogP contribution in [0.5, 0.6) is 17.2 Å². The van der Waals surface area contributed by atoms with Gasteiger partial charge in [-0.3, -0.25) is 4.79 Å². The summed E-state index contributed by atoms with van der Waals surface area (Å²) in [6.07, 6.45) is 1.73. The third-order valence-electron chi connectivity index (χ3n) is 4.49. The predicted molar refractivity (Wildman–Crippen MR) is 101 cm³/mol. The van der Waals surface area contributed by atoms with Crippen molar-refractivity contribution < 1.29 is 24.1 Å². The average molecular weight is 366 g/mol. The molecule has 1 aliphatic rings. The van der Waals surface area contributed by atoms with Gasteiger partial charge in [0.15, 0.2) is 11.5 Å². The van der Waals surface area contributed by atoms with Gasteiger partial charge in [-0.25, -0.2) is 4.98 Å². The van der Waals surface area contributed by atoms with E-state index in [2.05, 4.69) is 4.98 Å². The van der Waals surface area contributed by atoms with Crippen molar-refractivity contribution in [1.29, 1.82) is 0 Å². The van der Waals surface area contributed by atoms with Crippen molar-refractivity contribution in [3.63, 3.8) is 0 Å². The Morgan fingerprint density at radius 3 is 2.59 bits per heavy atom. The van der Waals surface area contributed by atoms with Crippen LogP contribution < -0.4 is 19.1 Å². The first kappa shape index (κ1) is 17.0. The molecule has 0 saturated heterocycles. The van der Waals surface area contributed by atoms with Crippen molar-refractivity contribution in [1.82, 2.24) is 4.98 Å². The van der Waals surface area contributed by atoms with Crippen molar-refractivity contribution in [3.05, 3.63) is 42.6 Å². The number of rotatable bonds is 5. The minimum absolute atomic E-state index is 0.156. The highest BCUT2D eigenvalue weighted by Crippen LogP contribution is 2.43. The number of ether oxygens (including phenoxy) is 3. The number of anilines is 1. The second-order valence-electron chi connectivity index (χ2n) is 6.20. The number of hydrogen-bond donors (Lipinski definition) is 1. The average Bonchev–Trinajstić information content (AvgIpc) is 3.12. The summed E-state index contributed by atoms with van der Waals surface area (Å²) in [5.74, 6) is 1.62. The molecular weight excluding hydrogens is 348 g/mol. The maximum Gasteiger partial charge on any atom is 0.323 e. The van der Waals surface area contributed by atoms with Crippen LogP contribution in [-0.4, -0.2) is 43.6 Å². The van der Waals surface area contributed by atoms with Crippen LogP contribution in [0, 0.1) is 0 Å². The maximum absolute atomic E-state index is 11.1. The van der Waals surface area contributed by atoms with Crippen LogP contribution in [0.15, 0.2) is 42.6 Å². The Morgan fingerprint density at radius 1 is 1.19 bits per heavy atom. The Balaban J connectivity index is 1.98. The Hall–Kier alpha value is -3.48. The molecule has 1 aromatic heterocycles.